The highest BCUT2D eigenvalue weighted by Crippen LogP contribution is 2.44. The van der Waals surface area contributed by atoms with Crippen LogP contribution in [0.3, 0.4) is 0 Å². The Balaban J connectivity index is 1.80. The minimum atomic E-state index is -0.390. The highest BCUT2D eigenvalue weighted by atomic mass is 79.9. The minimum Gasteiger partial charge on any atom is -0.324 e. The van der Waals surface area contributed by atoms with E-state index in [0.29, 0.717) is 0 Å². The summed E-state index contributed by atoms with van der Waals surface area (Å²) < 4.78 is 1.03. The molecular weight excluding hydrogens is 360 g/mol. The van der Waals surface area contributed by atoms with Crippen molar-refractivity contribution in [2.45, 2.75) is 29.7 Å². The monoisotopic (exact) mass is 376 g/mol. The SMILES string of the molecule is CSc1ccc(NC(=O)C2(c3ccc(Br)cc3)CCC2)cn1. The molecule has 2 aromatic rings. The second-order valence-electron chi connectivity index (χ2n) is 5.49. The molecule has 0 aliphatic heterocycles. The Bertz CT molecular complexity index is 666. The Labute approximate surface area is 143 Å². The van der Waals surface area contributed by atoms with Crippen LogP contribution >= 0.6 is 27.7 Å². The maximum atomic E-state index is 12.8. The molecule has 1 fully saturated rings. The zero-order chi connectivity index (χ0) is 15.6. The molecule has 1 aliphatic rings. The van der Waals surface area contributed by atoms with Gasteiger partial charge in [0, 0.05) is 4.47 Å². The fraction of sp³-hybridized carbons (Fsp3) is 0.294. The van der Waals surface area contributed by atoms with E-state index in [4.69, 9.17) is 0 Å². The average molecular weight is 377 g/mol. The van der Waals surface area contributed by atoms with Crippen molar-refractivity contribution in [1.29, 1.82) is 0 Å². The van der Waals surface area contributed by atoms with Gasteiger partial charge in [0.2, 0.25) is 5.91 Å². The molecule has 0 radical (unpaired) electrons. The third kappa shape index (κ3) is 2.92. The van der Waals surface area contributed by atoms with Crippen LogP contribution < -0.4 is 5.32 Å². The summed E-state index contributed by atoms with van der Waals surface area (Å²) in [5.74, 6) is 0.0692. The topological polar surface area (TPSA) is 42.0 Å². The van der Waals surface area contributed by atoms with Crippen molar-refractivity contribution < 1.29 is 4.79 Å². The number of nitrogens with zero attached hydrogens (tertiary/aromatic N) is 1. The van der Waals surface area contributed by atoms with E-state index in [9.17, 15) is 4.79 Å². The Morgan fingerprint density at radius 1 is 1.23 bits per heavy atom. The van der Waals surface area contributed by atoms with Gasteiger partial charge in [-0.05, 0) is 48.9 Å². The first-order chi connectivity index (χ1) is 10.6. The lowest BCUT2D eigenvalue weighted by molar-refractivity contribution is -0.124. The Morgan fingerprint density at radius 3 is 2.45 bits per heavy atom. The molecule has 114 valence electrons. The van der Waals surface area contributed by atoms with Crippen LogP contribution in [0.15, 0.2) is 52.1 Å². The molecule has 0 saturated heterocycles. The Hall–Kier alpha value is -1.33. The van der Waals surface area contributed by atoms with Crippen molar-refractivity contribution in [3.63, 3.8) is 0 Å². The first kappa shape index (κ1) is 15.6. The highest BCUT2D eigenvalue weighted by Gasteiger charge is 2.45. The number of hydrogen-bond acceptors (Lipinski definition) is 3. The summed E-state index contributed by atoms with van der Waals surface area (Å²) in [5, 5.41) is 3.98. The number of aromatic nitrogens is 1. The van der Waals surface area contributed by atoms with Gasteiger partial charge >= 0.3 is 0 Å². The fourth-order valence-electron chi connectivity index (χ4n) is 2.77. The van der Waals surface area contributed by atoms with Gasteiger partial charge in [-0.2, -0.15) is 0 Å². The average Bonchev–Trinajstić information content (AvgIpc) is 2.49. The quantitative estimate of drug-likeness (QED) is 0.791. The van der Waals surface area contributed by atoms with Crippen LogP contribution in [0.25, 0.3) is 0 Å². The molecular formula is C17H17BrN2OS. The molecule has 0 atom stereocenters. The fourth-order valence-corrected chi connectivity index (χ4v) is 3.40. The van der Waals surface area contributed by atoms with Crippen molar-refractivity contribution in [2.75, 3.05) is 11.6 Å². The number of hydrogen-bond donors (Lipinski definition) is 1. The predicted molar refractivity (Wildman–Crippen MR) is 94.3 cm³/mol. The largest absolute Gasteiger partial charge is 0.324 e. The molecule has 5 heteroatoms. The van der Waals surface area contributed by atoms with Crippen LogP contribution in [0, 0.1) is 0 Å². The van der Waals surface area contributed by atoms with Crippen molar-refractivity contribution in [2.24, 2.45) is 0 Å². The summed E-state index contributed by atoms with van der Waals surface area (Å²) in [6.45, 7) is 0. The molecule has 1 amide bonds. The predicted octanol–water partition coefficient (Wildman–Crippen LogP) is 4.63. The summed E-state index contributed by atoms with van der Waals surface area (Å²) in [7, 11) is 0. The zero-order valence-electron chi connectivity index (χ0n) is 12.3. The van der Waals surface area contributed by atoms with E-state index in [2.05, 4.69) is 26.2 Å². The number of rotatable bonds is 4. The molecule has 0 spiro atoms. The summed E-state index contributed by atoms with van der Waals surface area (Å²) in [5.41, 5.74) is 1.46. The van der Waals surface area contributed by atoms with Crippen LogP contribution in [-0.2, 0) is 10.2 Å². The molecule has 1 saturated carbocycles. The first-order valence-corrected chi connectivity index (χ1v) is 9.23. The molecule has 3 nitrogen and oxygen atoms in total. The normalized spacial score (nSPS) is 15.9. The van der Waals surface area contributed by atoms with Gasteiger partial charge in [-0.25, -0.2) is 4.98 Å². The minimum absolute atomic E-state index is 0.0692. The number of carbonyl (C=O) groups is 1. The molecule has 1 aromatic carbocycles. The molecule has 1 heterocycles. The van der Waals surface area contributed by atoms with Crippen LogP contribution in [0.4, 0.5) is 5.69 Å². The van der Waals surface area contributed by atoms with E-state index in [1.165, 1.54) is 0 Å². The molecule has 3 rings (SSSR count). The van der Waals surface area contributed by atoms with Crippen LogP contribution in [0.1, 0.15) is 24.8 Å². The number of benzene rings is 1. The lowest BCUT2D eigenvalue weighted by Gasteiger charge is -2.40. The van der Waals surface area contributed by atoms with Crippen molar-refractivity contribution in [3.8, 4) is 0 Å². The van der Waals surface area contributed by atoms with Crippen LogP contribution in [-0.4, -0.2) is 17.1 Å². The molecule has 22 heavy (non-hydrogen) atoms. The van der Waals surface area contributed by atoms with Crippen molar-refractivity contribution in [1.82, 2.24) is 4.98 Å². The van der Waals surface area contributed by atoms with Gasteiger partial charge in [0.15, 0.2) is 0 Å². The molecule has 1 aromatic heterocycles. The highest BCUT2D eigenvalue weighted by molar-refractivity contribution is 9.10. The van der Waals surface area contributed by atoms with E-state index in [0.717, 1.165) is 40.0 Å². The van der Waals surface area contributed by atoms with Gasteiger partial charge in [0.25, 0.3) is 0 Å². The number of carbonyl (C=O) groups excluding carboxylic acids is 1. The summed E-state index contributed by atoms with van der Waals surface area (Å²) in [6.07, 6.45) is 6.59. The number of thioether (sulfide) groups is 1. The van der Waals surface area contributed by atoms with E-state index in [-0.39, 0.29) is 5.91 Å². The van der Waals surface area contributed by atoms with Crippen molar-refractivity contribution in [3.05, 3.63) is 52.6 Å². The number of halogens is 1. The maximum absolute atomic E-state index is 12.8. The van der Waals surface area contributed by atoms with E-state index in [1.807, 2.05) is 42.7 Å². The maximum Gasteiger partial charge on any atom is 0.235 e. The molecule has 1 N–H and O–H groups in total. The molecule has 0 bridgehead atoms. The second-order valence-corrected chi connectivity index (χ2v) is 7.23. The molecule has 1 aliphatic carbocycles. The number of nitrogens with one attached hydrogen (secondary N) is 1. The van der Waals surface area contributed by atoms with Gasteiger partial charge in [-0.15, -0.1) is 11.8 Å². The summed E-state index contributed by atoms with van der Waals surface area (Å²) >= 11 is 5.03. The number of pyridine rings is 1. The van der Waals surface area contributed by atoms with E-state index < -0.39 is 5.41 Å². The van der Waals surface area contributed by atoms with Gasteiger partial charge in [0.05, 0.1) is 22.3 Å². The van der Waals surface area contributed by atoms with Gasteiger partial charge in [-0.3, -0.25) is 4.79 Å². The van der Waals surface area contributed by atoms with Crippen LogP contribution in [0.2, 0.25) is 0 Å². The zero-order valence-corrected chi connectivity index (χ0v) is 14.7. The van der Waals surface area contributed by atoms with Crippen LogP contribution in [0.5, 0.6) is 0 Å². The number of anilines is 1. The van der Waals surface area contributed by atoms with Gasteiger partial charge in [0.1, 0.15) is 0 Å². The van der Waals surface area contributed by atoms with Gasteiger partial charge in [-0.1, -0.05) is 34.5 Å². The standard InChI is InChI=1S/C17H17BrN2OS/c1-22-15-8-7-14(11-19-15)20-16(21)17(9-2-10-17)12-3-5-13(18)6-4-12/h3-8,11H,2,9-10H2,1H3,(H,20,21). The Kier molecular flexibility index (Phi) is 4.54. The third-order valence-electron chi connectivity index (χ3n) is 4.24. The van der Waals surface area contributed by atoms with Gasteiger partial charge < -0.3 is 5.32 Å². The lowest BCUT2D eigenvalue weighted by Crippen LogP contribution is -2.46. The number of amides is 1. The first-order valence-electron chi connectivity index (χ1n) is 7.22. The second kappa shape index (κ2) is 6.42. The third-order valence-corrected chi connectivity index (χ3v) is 5.43. The summed E-state index contributed by atoms with van der Waals surface area (Å²) in [6, 6.07) is 11.9. The lowest BCUT2D eigenvalue weighted by atomic mass is 9.64. The van der Waals surface area contributed by atoms with E-state index >= 15 is 0 Å². The smallest absolute Gasteiger partial charge is 0.235 e. The Morgan fingerprint density at radius 2 is 1.95 bits per heavy atom. The summed E-state index contributed by atoms with van der Waals surface area (Å²) in [4.78, 5) is 17.1. The molecule has 0 unspecified atom stereocenters. The van der Waals surface area contributed by atoms with E-state index in [1.54, 1.807) is 18.0 Å². The van der Waals surface area contributed by atoms with Crippen molar-refractivity contribution >= 4 is 39.3 Å².